The number of ether oxygens (including phenoxy) is 6. The molecule has 11 atom stereocenters. The van der Waals surface area contributed by atoms with Crippen molar-refractivity contribution in [2.24, 2.45) is 0 Å². The number of aliphatic hydroxyl groups excluding tert-OH is 7. The SMILES string of the molecule is CCCCC/C=C/C/C=C/CCCCCCCCCCCC(=O)O[C@@H](COC(=O)CCCCCCCCCCCCC/C=C/CCCCCCCC)CO[C@@H]1O[C@H](CO[C@@H]2O[C@H](CO)[C@H](O)C(O)C2O)[C@H](O)C(O)C1O. The molecule has 7 N–H and O–H groups in total. The van der Waals surface area contributed by atoms with E-state index in [1.807, 2.05) is 0 Å². The van der Waals surface area contributed by atoms with Gasteiger partial charge < -0.3 is 64.2 Å². The Labute approximate surface area is 459 Å². The number of esters is 2. The Morgan fingerprint density at radius 3 is 1.26 bits per heavy atom. The van der Waals surface area contributed by atoms with E-state index in [9.17, 15) is 45.3 Å². The lowest BCUT2D eigenvalue weighted by Gasteiger charge is -2.42. The normalized spacial score (nSPS) is 24.5. The van der Waals surface area contributed by atoms with Gasteiger partial charge >= 0.3 is 11.9 Å². The average Bonchev–Trinajstić information content (AvgIpc) is 3.41. The molecular weight excluding hydrogens is 973 g/mol. The number of unbranched alkanes of at least 4 members (excludes halogenated alkanes) is 29. The fourth-order valence-electron chi connectivity index (χ4n) is 9.60. The van der Waals surface area contributed by atoms with Gasteiger partial charge in [0, 0.05) is 12.8 Å². The molecule has 0 aromatic rings. The van der Waals surface area contributed by atoms with Crippen molar-refractivity contribution in [2.45, 2.75) is 313 Å². The van der Waals surface area contributed by atoms with Crippen molar-refractivity contribution in [2.75, 3.05) is 26.4 Å². The molecule has 0 amide bonds. The maximum atomic E-state index is 13.1. The molecule has 76 heavy (non-hydrogen) atoms. The van der Waals surface area contributed by atoms with Gasteiger partial charge in [0.05, 0.1) is 19.8 Å². The summed E-state index contributed by atoms with van der Waals surface area (Å²) in [6.45, 7) is 2.60. The van der Waals surface area contributed by atoms with E-state index in [0.29, 0.717) is 12.8 Å². The van der Waals surface area contributed by atoms with Crippen LogP contribution in [0.2, 0.25) is 0 Å². The first kappa shape index (κ1) is 69.8. The number of rotatable bonds is 49. The predicted molar refractivity (Wildman–Crippen MR) is 298 cm³/mol. The Kier molecular flexibility index (Phi) is 43.7. The monoisotopic (exact) mass is 1080 g/mol. The first-order chi connectivity index (χ1) is 37.0. The van der Waals surface area contributed by atoms with E-state index in [-0.39, 0.29) is 26.1 Å². The zero-order valence-corrected chi connectivity index (χ0v) is 47.5. The molecule has 0 radical (unpaired) electrons. The zero-order valence-electron chi connectivity index (χ0n) is 47.5. The molecule has 2 rings (SSSR count). The van der Waals surface area contributed by atoms with Crippen LogP contribution in [-0.2, 0) is 38.0 Å². The largest absolute Gasteiger partial charge is 0.462 e. The van der Waals surface area contributed by atoms with Gasteiger partial charge in [0.1, 0.15) is 55.4 Å². The highest BCUT2D eigenvalue weighted by Gasteiger charge is 2.47. The van der Waals surface area contributed by atoms with E-state index in [1.54, 1.807) is 0 Å². The summed E-state index contributed by atoms with van der Waals surface area (Å²) >= 11 is 0. The summed E-state index contributed by atoms with van der Waals surface area (Å²) in [6.07, 6.45) is 37.3. The van der Waals surface area contributed by atoms with Crippen molar-refractivity contribution in [3.05, 3.63) is 36.5 Å². The van der Waals surface area contributed by atoms with Crippen molar-refractivity contribution in [1.29, 1.82) is 0 Å². The van der Waals surface area contributed by atoms with Crippen LogP contribution in [0.25, 0.3) is 0 Å². The van der Waals surface area contributed by atoms with Crippen LogP contribution in [0.4, 0.5) is 0 Å². The van der Waals surface area contributed by atoms with E-state index in [4.69, 9.17) is 28.4 Å². The van der Waals surface area contributed by atoms with Crippen molar-refractivity contribution >= 4 is 11.9 Å². The summed E-state index contributed by atoms with van der Waals surface area (Å²) < 4.78 is 33.7. The van der Waals surface area contributed by atoms with Gasteiger partial charge in [-0.2, -0.15) is 0 Å². The summed E-state index contributed by atoms with van der Waals surface area (Å²) in [6, 6.07) is 0. The maximum Gasteiger partial charge on any atom is 0.306 e. The van der Waals surface area contributed by atoms with E-state index >= 15 is 0 Å². The van der Waals surface area contributed by atoms with Crippen LogP contribution in [0.3, 0.4) is 0 Å². The molecule has 2 saturated heterocycles. The Hall–Kier alpha value is -2.28. The van der Waals surface area contributed by atoms with E-state index in [0.717, 1.165) is 57.8 Å². The van der Waals surface area contributed by atoms with E-state index < -0.39 is 92.7 Å². The highest BCUT2D eigenvalue weighted by atomic mass is 16.7. The van der Waals surface area contributed by atoms with Crippen molar-refractivity contribution in [3.8, 4) is 0 Å². The Morgan fingerprint density at radius 2 is 0.789 bits per heavy atom. The van der Waals surface area contributed by atoms with Crippen molar-refractivity contribution in [3.63, 3.8) is 0 Å². The lowest BCUT2D eigenvalue weighted by Crippen LogP contribution is -2.61. The Morgan fingerprint density at radius 1 is 0.421 bits per heavy atom. The lowest BCUT2D eigenvalue weighted by atomic mass is 9.98. The molecule has 0 spiro atoms. The molecule has 15 nitrogen and oxygen atoms in total. The first-order valence-electron chi connectivity index (χ1n) is 30.6. The van der Waals surface area contributed by atoms with Gasteiger partial charge in [-0.25, -0.2) is 0 Å². The molecule has 2 heterocycles. The number of aliphatic hydroxyl groups is 7. The van der Waals surface area contributed by atoms with Crippen LogP contribution >= 0.6 is 0 Å². The van der Waals surface area contributed by atoms with Crippen LogP contribution in [0, 0.1) is 0 Å². The molecule has 2 aliphatic heterocycles. The third-order valence-corrected chi connectivity index (χ3v) is 14.6. The fraction of sp³-hybridized carbons (Fsp3) is 0.869. The molecule has 2 aliphatic rings. The molecule has 2 fully saturated rings. The molecule has 4 unspecified atom stereocenters. The molecular formula is C61H110O15. The van der Waals surface area contributed by atoms with Crippen LogP contribution in [-0.4, -0.2) is 142 Å². The lowest BCUT2D eigenvalue weighted by molar-refractivity contribution is -0.332. The Balaban J connectivity index is 1.73. The summed E-state index contributed by atoms with van der Waals surface area (Å²) in [7, 11) is 0. The fourth-order valence-corrected chi connectivity index (χ4v) is 9.60. The minimum atomic E-state index is -1.77. The van der Waals surface area contributed by atoms with E-state index in [2.05, 4.69) is 50.3 Å². The number of carbonyl (C=O) groups is 2. The third-order valence-electron chi connectivity index (χ3n) is 14.6. The van der Waals surface area contributed by atoms with Gasteiger partial charge in [-0.05, 0) is 70.6 Å². The topological polar surface area (TPSA) is 231 Å². The standard InChI is InChI=1S/C61H110O15/c1-3-5-7-9-11-13-15-17-19-21-23-24-26-27-29-31-33-35-37-39-41-43-52(63)71-46-49(74-53(64)44-42-40-38-36-34-32-30-28-25-22-20-18-16-14-12-10-8-6-4-2)47-72-60-59(70)57(68)55(66)51(76-60)48-73-61-58(69)56(67)54(65)50(45-62)75-61/h12,14,17-20,49-51,54-62,65-70H,3-11,13,15-16,21-48H2,1-2H3/b14-12+,19-17+,20-18+/t49-,50+,51+,54-,55-,56?,57?,58?,59?,60+,61+/m0/s1. The highest BCUT2D eigenvalue weighted by molar-refractivity contribution is 5.70. The first-order valence-corrected chi connectivity index (χ1v) is 30.6. The molecule has 0 bridgehead atoms. The van der Waals surface area contributed by atoms with Gasteiger partial charge in [0.2, 0.25) is 0 Å². The minimum Gasteiger partial charge on any atom is -0.462 e. The molecule has 0 aliphatic carbocycles. The average molecular weight is 1080 g/mol. The predicted octanol–water partition coefficient (Wildman–Crippen LogP) is 10.8. The van der Waals surface area contributed by atoms with Crippen LogP contribution in [0.15, 0.2) is 36.5 Å². The number of carbonyl (C=O) groups excluding carboxylic acids is 2. The number of hydrogen-bond donors (Lipinski definition) is 7. The zero-order chi connectivity index (χ0) is 55.3. The smallest absolute Gasteiger partial charge is 0.306 e. The second-order valence-electron chi connectivity index (χ2n) is 21.5. The summed E-state index contributed by atoms with van der Waals surface area (Å²) in [4.78, 5) is 25.9. The van der Waals surface area contributed by atoms with Gasteiger partial charge in [0.25, 0.3) is 0 Å². The second-order valence-corrected chi connectivity index (χ2v) is 21.5. The molecule has 0 aromatic carbocycles. The quantitative estimate of drug-likeness (QED) is 0.0171. The second kappa shape index (κ2) is 47.5. The molecule has 15 heteroatoms. The Bertz CT molecular complexity index is 1460. The van der Waals surface area contributed by atoms with E-state index in [1.165, 1.54) is 148 Å². The summed E-state index contributed by atoms with van der Waals surface area (Å²) in [5.41, 5.74) is 0. The molecule has 0 aromatic heterocycles. The maximum absolute atomic E-state index is 13.1. The molecule has 0 saturated carbocycles. The van der Waals surface area contributed by atoms with Crippen LogP contribution < -0.4 is 0 Å². The highest BCUT2D eigenvalue weighted by Crippen LogP contribution is 2.27. The summed E-state index contributed by atoms with van der Waals surface area (Å²) in [5, 5.41) is 72.4. The van der Waals surface area contributed by atoms with Crippen LogP contribution in [0.1, 0.15) is 245 Å². The number of hydrogen-bond acceptors (Lipinski definition) is 15. The molecule has 444 valence electrons. The summed E-state index contributed by atoms with van der Waals surface area (Å²) in [5.74, 6) is -0.921. The van der Waals surface area contributed by atoms with Crippen molar-refractivity contribution < 1.29 is 73.8 Å². The van der Waals surface area contributed by atoms with Gasteiger partial charge in [0.15, 0.2) is 18.7 Å². The van der Waals surface area contributed by atoms with Gasteiger partial charge in [-0.15, -0.1) is 0 Å². The van der Waals surface area contributed by atoms with Gasteiger partial charge in [-0.3, -0.25) is 9.59 Å². The minimum absolute atomic E-state index is 0.161. The van der Waals surface area contributed by atoms with Gasteiger partial charge in [-0.1, -0.05) is 198 Å². The third kappa shape index (κ3) is 34.0. The number of allylic oxidation sites excluding steroid dienone is 6. The van der Waals surface area contributed by atoms with Crippen LogP contribution in [0.5, 0.6) is 0 Å². The van der Waals surface area contributed by atoms with Crippen molar-refractivity contribution in [1.82, 2.24) is 0 Å².